The molecule has 0 unspecified atom stereocenters. The van der Waals surface area contributed by atoms with E-state index in [9.17, 15) is 0 Å². The maximum absolute atomic E-state index is 4.26. The molecular formula is C10H12N2. The molecule has 62 valence electrons. The van der Waals surface area contributed by atoms with E-state index in [0.29, 0.717) is 6.04 Å². The Morgan fingerprint density at radius 3 is 2.92 bits per heavy atom. The third-order valence-electron chi connectivity index (χ3n) is 2.04. The minimum atomic E-state index is 0.506. The average Bonchev–Trinajstić information content (AvgIpc) is 2.47. The number of hydrogen-bond donors (Lipinski definition) is 0. The van der Waals surface area contributed by atoms with Gasteiger partial charge < -0.3 is 4.57 Å². The van der Waals surface area contributed by atoms with Gasteiger partial charge in [-0.2, -0.15) is 0 Å². The SMILES string of the molecule is CC(C)n1ccc2ncccc21. The van der Waals surface area contributed by atoms with E-state index in [0.717, 1.165) is 5.52 Å². The van der Waals surface area contributed by atoms with Crippen LogP contribution in [0.4, 0.5) is 0 Å². The standard InChI is InChI=1S/C10H12N2/c1-8(2)12-7-5-9-10(12)4-3-6-11-9/h3-8H,1-2H3. The maximum Gasteiger partial charge on any atom is 0.0880 e. The topological polar surface area (TPSA) is 17.8 Å². The zero-order valence-corrected chi connectivity index (χ0v) is 7.36. The molecule has 0 atom stereocenters. The maximum atomic E-state index is 4.26. The number of fused-ring (bicyclic) bond motifs is 1. The molecule has 0 bridgehead atoms. The van der Waals surface area contributed by atoms with Crippen LogP contribution in [0.15, 0.2) is 30.6 Å². The van der Waals surface area contributed by atoms with Gasteiger partial charge in [0, 0.05) is 18.4 Å². The van der Waals surface area contributed by atoms with Crippen LogP contribution in [0.25, 0.3) is 11.0 Å². The monoisotopic (exact) mass is 160 g/mol. The molecular weight excluding hydrogens is 148 g/mol. The van der Waals surface area contributed by atoms with Crippen LogP contribution in [0.2, 0.25) is 0 Å². The van der Waals surface area contributed by atoms with Gasteiger partial charge in [-0.05, 0) is 32.0 Å². The predicted molar refractivity (Wildman–Crippen MR) is 50.1 cm³/mol. The van der Waals surface area contributed by atoms with Crippen LogP contribution in [0.1, 0.15) is 19.9 Å². The number of pyridine rings is 1. The summed E-state index contributed by atoms with van der Waals surface area (Å²) >= 11 is 0. The van der Waals surface area contributed by atoms with Gasteiger partial charge in [-0.1, -0.05) is 0 Å². The molecule has 2 aromatic rings. The lowest BCUT2D eigenvalue weighted by Crippen LogP contribution is -1.97. The van der Waals surface area contributed by atoms with E-state index >= 15 is 0 Å². The van der Waals surface area contributed by atoms with Crippen molar-refractivity contribution in [3.63, 3.8) is 0 Å². The van der Waals surface area contributed by atoms with Crippen molar-refractivity contribution in [2.24, 2.45) is 0 Å². The Bertz CT molecular complexity index is 387. The normalized spacial score (nSPS) is 11.2. The van der Waals surface area contributed by atoms with E-state index in [2.05, 4.69) is 41.7 Å². The molecule has 2 heteroatoms. The Balaban J connectivity index is 2.70. The highest BCUT2D eigenvalue weighted by atomic mass is 15.0. The van der Waals surface area contributed by atoms with Gasteiger partial charge in [0.25, 0.3) is 0 Å². The lowest BCUT2D eigenvalue weighted by atomic mass is 10.3. The first-order valence-corrected chi connectivity index (χ1v) is 4.20. The minimum Gasteiger partial charge on any atom is -0.344 e. The summed E-state index contributed by atoms with van der Waals surface area (Å²) in [6, 6.07) is 6.63. The number of nitrogens with zero attached hydrogens (tertiary/aromatic N) is 2. The molecule has 0 saturated heterocycles. The quantitative estimate of drug-likeness (QED) is 0.627. The van der Waals surface area contributed by atoms with Crippen molar-refractivity contribution in [1.82, 2.24) is 9.55 Å². The van der Waals surface area contributed by atoms with Crippen LogP contribution in [-0.2, 0) is 0 Å². The van der Waals surface area contributed by atoms with E-state index < -0.39 is 0 Å². The highest BCUT2D eigenvalue weighted by Crippen LogP contribution is 2.16. The third kappa shape index (κ3) is 0.998. The van der Waals surface area contributed by atoms with E-state index in [-0.39, 0.29) is 0 Å². The van der Waals surface area contributed by atoms with Gasteiger partial charge in [0.2, 0.25) is 0 Å². The Morgan fingerprint density at radius 2 is 2.17 bits per heavy atom. The molecule has 2 rings (SSSR count). The zero-order valence-electron chi connectivity index (χ0n) is 7.36. The summed E-state index contributed by atoms with van der Waals surface area (Å²) in [6.45, 7) is 4.35. The summed E-state index contributed by atoms with van der Waals surface area (Å²) in [5, 5.41) is 0. The minimum absolute atomic E-state index is 0.506. The third-order valence-corrected chi connectivity index (χ3v) is 2.04. The first-order chi connectivity index (χ1) is 5.79. The Kier molecular flexibility index (Phi) is 1.61. The van der Waals surface area contributed by atoms with Crippen molar-refractivity contribution in [2.75, 3.05) is 0 Å². The summed E-state index contributed by atoms with van der Waals surface area (Å²) in [7, 11) is 0. The van der Waals surface area contributed by atoms with Crippen LogP contribution in [0.3, 0.4) is 0 Å². The Hall–Kier alpha value is -1.31. The highest BCUT2D eigenvalue weighted by Gasteiger charge is 2.02. The Labute approximate surface area is 71.8 Å². The molecule has 12 heavy (non-hydrogen) atoms. The summed E-state index contributed by atoms with van der Waals surface area (Å²) in [5.41, 5.74) is 2.29. The number of rotatable bonds is 1. The van der Waals surface area contributed by atoms with Gasteiger partial charge in [0.1, 0.15) is 0 Å². The van der Waals surface area contributed by atoms with E-state index in [1.54, 1.807) is 0 Å². The second kappa shape index (κ2) is 2.63. The number of hydrogen-bond acceptors (Lipinski definition) is 1. The lowest BCUT2D eigenvalue weighted by molar-refractivity contribution is 0.623. The summed E-state index contributed by atoms with van der Waals surface area (Å²) in [6.07, 6.45) is 3.91. The zero-order chi connectivity index (χ0) is 8.55. The van der Waals surface area contributed by atoms with Gasteiger partial charge in [0.05, 0.1) is 11.0 Å². The van der Waals surface area contributed by atoms with Crippen LogP contribution >= 0.6 is 0 Å². The van der Waals surface area contributed by atoms with Crippen molar-refractivity contribution in [1.29, 1.82) is 0 Å². The van der Waals surface area contributed by atoms with E-state index in [1.807, 2.05) is 12.3 Å². The van der Waals surface area contributed by atoms with Crippen molar-refractivity contribution in [3.05, 3.63) is 30.6 Å². The van der Waals surface area contributed by atoms with Crippen LogP contribution in [-0.4, -0.2) is 9.55 Å². The molecule has 0 radical (unpaired) electrons. The van der Waals surface area contributed by atoms with Crippen LogP contribution in [0, 0.1) is 0 Å². The molecule has 0 aliphatic rings. The van der Waals surface area contributed by atoms with E-state index in [1.165, 1.54) is 5.52 Å². The molecule has 2 nitrogen and oxygen atoms in total. The lowest BCUT2D eigenvalue weighted by Gasteiger charge is -2.07. The summed E-state index contributed by atoms with van der Waals surface area (Å²) in [5.74, 6) is 0. The first kappa shape index (κ1) is 7.35. The molecule has 0 N–H and O–H groups in total. The second-order valence-electron chi connectivity index (χ2n) is 3.22. The highest BCUT2D eigenvalue weighted by molar-refractivity contribution is 5.75. The molecule has 2 aromatic heterocycles. The van der Waals surface area contributed by atoms with Gasteiger partial charge in [0.15, 0.2) is 0 Å². The second-order valence-corrected chi connectivity index (χ2v) is 3.22. The molecule has 2 heterocycles. The van der Waals surface area contributed by atoms with E-state index in [4.69, 9.17) is 0 Å². The van der Waals surface area contributed by atoms with Crippen molar-refractivity contribution in [2.45, 2.75) is 19.9 Å². The van der Waals surface area contributed by atoms with Crippen molar-refractivity contribution < 1.29 is 0 Å². The van der Waals surface area contributed by atoms with Crippen molar-refractivity contribution >= 4 is 11.0 Å². The molecule has 0 amide bonds. The molecule has 0 aromatic carbocycles. The molecule has 0 spiro atoms. The fraction of sp³-hybridized carbons (Fsp3) is 0.300. The van der Waals surface area contributed by atoms with Crippen LogP contribution in [0.5, 0.6) is 0 Å². The van der Waals surface area contributed by atoms with Gasteiger partial charge in [-0.25, -0.2) is 0 Å². The van der Waals surface area contributed by atoms with Gasteiger partial charge >= 0.3 is 0 Å². The average molecular weight is 160 g/mol. The fourth-order valence-corrected chi connectivity index (χ4v) is 1.44. The smallest absolute Gasteiger partial charge is 0.0880 e. The number of aromatic nitrogens is 2. The Morgan fingerprint density at radius 1 is 1.33 bits per heavy atom. The largest absolute Gasteiger partial charge is 0.344 e. The van der Waals surface area contributed by atoms with Gasteiger partial charge in [-0.3, -0.25) is 4.98 Å². The molecule has 0 aliphatic heterocycles. The van der Waals surface area contributed by atoms with Crippen molar-refractivity contribution in [3.8, 4) is 0 Å². The molecule has 0 aliphatic carbocycles. The van der Waals surface area contributed by atoms with Crippen LogP contribution < -0.4 is 0 Å². The van der Waals surface area contributed by atoms with Gasteiger partial charge in [-0.15, -0.1) is 0 Å². The summed E-state index contributed by atoms with van der Waals surface area (Å²) in [4.78, 5) is 4.26. The fourth-order valence-electron chi connectivity index (χ4n) is 1.44. The summed E-state index contributed by atoms with van der Waals surface area (Å²) < 4.78 is 2.22. The molecule has 0 saturated carbocycles. The predicted octanol–water partition coefficient (Wildman–Crippen LogP) is 2.62. The molecule has 0 fully saturated rings. The first-order valence-electron chi connectivity index (χ1n) is 4.20.